The fourth-order valence-electron chi connectivity index (χ4n) is 3.08. The smallest absolute Gasteiger partial charge is 0.270 e. The first-order chi connectivity index (χ1) is 10.5. The number of aromatic nitrogens is 1. The van der Waals surface area contributed by atoms with Crippen molar-refractivity contribution in [3.63, 3.8) is 0 Å². The van der Waals surface area contributed by atoms with Gasteiger partial charge in [0.05, 0.1) is 5.52 Å². The van der Waals surface area contributed by atoms with E-state index in [4.69, 9.17) is 11.6 Å². The van der Waals surface area contributed by atoms with Crippen LogP contribution in [0.1, 0.15) is 15.9 Å². The van der Waals surface area contributed by atoms with E-state index >= 15 is 0 Å². The first-order valence-corrected chi connectivity index (χ1v) is 7.84. The molecule has 1 aromatic heterocycles. The molecule has 1 heterocycles. The zero-order chi connectivity index (χ0) is 15.6. The molecule has 0 radical (unpaired) electrons. The van der Waals surface area contributed by atoms with E-state index in [0.717, 1.165) is 5.39 Å². The number of carbonyl (C=O) groups excluding carboxylic acids is 1. The number of nitrogens with zero attached hydrogens (tertiary/aromatic N) is 1. The topological polar surface area (TPSA) is 39.1 Å². The summed E-state index contributed by atoms with van der Waals surface area (Å²) in [4.78, 5) is 25.3. The molecule has 0 saturated carbocycles. The van der Waals surface area contributed by atoms with E-state index in [1.165, 1.54) is 4.57 Å². The Morgan fingerprint density at radius 1 is 1.00 bits per heavy atom. The lowest BCUT2D eigenvalue weighted by Gasteiger charge is -2.22. The second-order valence-electron chi connectivity index (χ2n) is 5.24. The fourth-order valence-corrected chi connectivity index (χ4v) is 3.91. The molecule has 4 rings (SSSR count). The molecule has 108 valence electrons. The average Bonchev–Trinajstić information content (AvgIpc) is 2.52. The summed E-state index contributed by atoms with van der Waals surface area (Å²) in [6, 6.07) is 10.9. The maximum Gasteiger partial charge on any atom is 0.270 e. The predicted molar refractivity (Wildman–Crippen MR) is 90.8 cm³/mol. The van der Waals surface area contributed by atoms with Crippen molar-refractivity contribution >= 4 is 44.2 Å². The lowest BCUT2D eigenvalue weighted by molar-refractivity contribution is 0.103. The van der Waals surface area contributed by atoms with E-state index in [1.54, 1.807) is 19.2 Å². The molecule has 0 aliphatic heterocycles. The van der Waals surface area contributed by atoms with Crippen LogP contribution in [0.4, 0.5) is 0 Å². The minimum atomic E-state index is -0.262. The molecule has 22 heavy (non-hydrogen) atoms. The summed E-state index contributed by atoms with van der Waals surface area (Å²) in [6.45, 7) is 0. The summed E-state index contributed by atoms with van der Waals surface area (Å²) in [5.74, 6) is -0.0599. The first-order valence-electron chi connectivity index (χ1n) is 6.67. The Bertz CT molecular complexity index is 1050. The monoisotopic (exact) mass is 373 g/mol. The molecule has 0 atom stereocenters. The zero-order valence-electron chi connectivity index (χ0n) is 11.5. The van der Waals surface area contributed by atoms with Crippen LogP contribution in [0.3, 0.4) is 0 Å². The van der Waals surface area contributed by atoms with E-state index in [9.17, 15) is 9.59 Å². The number of fused-ring (bicyclic) bond motifs is 2. The van der Waals surface area contributed by atoms with E-state index in [2.05, 4.69) is 15.9 Å². The van der Waals surface area contributed by atoms with Crippen molar-refractivity contribution in [2.45, 2.75) is 0 Å². The van der Waals surface area contributed by atoms with Gasteiger partial charge in [-0.05, 0) is 17.7 Å². The van der Waals surface area contributed by atoms with Crippen molar-refractivity contribution in [3.05, 3.63) is 67.4 Å². The molecular weight excluding hydrogens is 366 g/mol. The normalized spacial score (nSPS) is 12.6. The Labute approximate surface area is 139 Å². The molecule has 0 amide bonds. The van der Waals surface area contributed by atoms with Gasteiger partial charge in [0.15, 0.2) is 5.78 Å². The van der Waals surface area contributed by atoms with Gasteiger partial charge in [-0.2, -0.15) is 0 Å². The number of carbonyl (C=O) groups is 1. The molecule has 3 nitrogen and oxygen atoms in total. The van der Waals surface area contributed by atoms with Gasteiger partial charge in [0.25, 0.3) is 5.56 Å². The summed E-state index contributed by atoms with van der Waals surface area (Å²) in [5, 5.41) is 0.875. The van der Waals surface area contributed by atoms with E-state index in [-0.39, 0.29) is 16.4 Å². The third kappa shape index (κ3) is 1.57. The Balaban J connectivity index is 2.40. The summed E-state index contributed by atoms with van der Waals surface area (Å²) in [7, 11) is 1.66. The Morgan fingerprint density at radius 2 is 1.68 bits per heavy atom. The molecule has 3 aromatic rings. The average molecular weight is 375 g/mol. The second kappa shape index (κ2) is 4.54. The van der Waals surface area contributed by atoms with Gasteiger partial charge in [-0.1, -0.05) is 51.8 Å². The summed E-state index contributed by atoms with van der Waals surface area (Å²) in [5.41, 5.74) is 2.92. The van der Waals surface area contributed by atoms with Crippen molar-refractivity contribution in [1.29, 1.82) is 0 Å². The molecule has 1 aliphatic carbocycles. The number of aryl methyl sites for hydroxylation is 1. The van der Waals surface area contributed by atoms with E-state index < -0.39 is 0 Å². The molecule has 5 heteroatoms. The van der Waals surface area contributed by atoms with Crippen molar-refractivity contribution in [3.8, 4) is 11.1 Å². The van der Waals surface area contributed by atoms with Gasteiger partial charge in [-0.15, -0.1) is 0 Å². The zero-order valence-corrected chi connectivity index (χ0v) is 13.8. The lowest BCUT2D eigenvalue weighted by Crippen LogP contribution is -2.22. The number of halogens is 2. The number of ketones is 1. The van der Waals surface area contributed by atoms with Crippen LogP contribution in [-0.2, 0) is 7.05 Å². The molecule has 0 saturated heterocycles. The van der Waals surface area contributed by atoms with Crippen LogP contribution >= 0.6 is 27.5 Å². The molecule has 0 bridgehead atoms. The lowest BCUT2D eigenvalue weighted by atomic mass is 9.84. The van der Waals surface area contributed by atoms with Gasteiger partial charge in [0.2, 0.25) is 0 Å². The minimum absolute atomic E-state index is 0.0599. The molecule has 2 aromatic carbocycles. The highest BCUT2D eigenvalue weighted by Crippen LogP contribution is 2.43. The molecule has 0 N–H and O–H groups in total. The highest BCUT2D eigenvalue weighted by atomic mass is 79.9. The van der Waals surface area contributed by atoms with Crippen molar-refractivity contribution in [2.24, 2.45) is 7.05 Å². The summed E-state index contributed by atoms with van der Waals surface area (Å²) in [6.07, 6.45) is 0. The molecule has 0 fully saturated rings. The number of rotatable bonds is 0. The van der Waals surface area contributed by atoms with E-state index in [1.807, 2.05) is 24.3 Å². The van der Waals surface area contributed by atoms with Crippen LogP contribution < -0.4 is 5.56 Å². The molecule has 0 spiro atoms. The van der Waals surface area contributed by atoms with Gasteiger partial charge < -0.3 is 4.57 Å². The van der Waals surface area contributed by atoms with Crippen molar-refractivity contribution in [2.75, 3.05) is 0 Å². The maximum absolute atomic E-state index is 12.9. The summed E-state index contributed by atoms with van der Waals surface area (Å²) < 4.78 is 2.19. The standard InChI is InChI=1S/C17H9BrClNO2/c1-20-11-7-6-10(18)13-14(11)12(15(19)17(20)22)8-4-2-3-5-9(8)16(13)21/h2-7H,1H3. The van der Waals surface area contributed by atoms with Crippen LogP contribution in [0.5, 0.6) is 0 Å². The quantitative estimate of drug-likeness (QED) is 0.463. The van der Waals surface area contributed by atoms with Gasteiger partial charge in [0, 0.05) is 33.6 Å². The highest BCUT2D eigenvalue weighted by molar-refractivity contribution is 9.10. The van der Waals surface area contributed by atoms with Gasteiger partial charge in [0.1, 0.15) is 5.02 Å². The van der Waals surface area contributed by atoms with Crippen LogP contribution in [0, 0.1) is 0 Å². The van der Waals surface area contributed by atoms with Gasteiger partial charge >= 0.3 is 0 Å². The largest absolute Gasteiger partial charge is 0.310 e. The van der Waals surface area contributed by atoms with Crippen LogP contribution in [0.15, 0.2) is 45.7 Å². The SMILES string of the molecule is Cn1c(=O)c(Cl)c2c3c(c(Br)ccc31)C(=O)c1ccccc1-2. The van der Waals surface area contributed by atoms with Gasteiger partial charge in [-0.25, -0.2) is 0 Å². The number of pyridine rings is 1. The predicted octanol–water partition coefficient (Wildman–Crippen LogP) is 4.17. The first kappa shape index (κ1) is 13.7. The van der Waals surface area contributed by atoms with Crippen LogP contribution in [-0.4, -0.2) is 10.4 Å². The Hall–Kier alpha value is -1.91. The van der Waals surface area contributed by atoms with Gasteiger partial charge in [-0.3, -0.25) is 9.59 Å². The molecule has 0 unspecified atom stereocenters. The number of hydrogen-bond donors (Lipinski definition) is 0. The van der Waals surface area contributed by atoms with Crippen LogP contribution in [0.25, 0.3) is 22.0 Å². The molecular formula is C17H9BrClNO2. The third-order valence-electron chi connectivity index (χ3n) is 4.12. The highest BCUT2D eigenvalue weighted by Gasteiger charge is 2.30. The summed E-state index contributed by atoms with van der Waals surface area (Å²) >= 11 is 9.81. The number of hydrogen-bond acceptors (Lipinski definition) is 2. The van der Waals surface area contributed by atoms with Crippen molar-refractivity contribution in [1.82, 2.24) is 4.57 Å². The number of benzene rings is 2. The minimum Gasteiger partial charge on any atom is -0.310 e. The third-order valence-corrected chi connectivity index (χ3v) is 5.14. The second-order valence-corrected chi connectivity index (χ2v) is 6.48. The Morgan fingerprint density at radius 3 is 2.41 bits per heavy atom. The molecule has 1 aliphatic rings. The van der Waals surface area contributed by atoms with Crippen LogP contribution in [0.2, 0.25) is 5.02 Å². The van der Waals surface area contributed by atoms with E-state index in [0.29, 0.717) is 32.2 Å². The Kier molecular flexibility index (Phi) is 2.83. The fraction of sp³-hybridized carbons (Fsp3) is 0.0588. The van der Waals surface area contributed by atoms with Crippen molar-refractivity contribution < 1.29 is 4.79 Å². The maximum atomic E-state index is 12.9.